The Morgan fingerprint density at radius 1 is 1.05 bits per heavy atom. The molecule has 2 rings (SSSR count). The number of hydrogen-bond acceptors (Lipinski definition) is 2. The van der Waals surface area contributed by atoms with Gasteiger partial charge in [-0.15, -0.1) is 11.6 Å². The highest BCUT2D eigenvalue weighted by molar-refractivity contribution is 6.37. The molecule has 20 heavy (non-hydrogen) atoms. The van der Waals surface area contributed by atoms with Crippen molar-refractivity contribution in [3.8, 4) is 11.5 Å². The molecule has 108 valence electrons. The van der Waals surface area contributed by atoms with Crippen LogP contribution in [-0.2, 0) is 0 Å². The van der Waals surface area contributed by atoms with Gasteiger partial charge < -0.3 is 9.47 Å². The maximum Gasteiger partial charge on any atom is 0.138 e. The van der Waals surface area contributed by atoms with E-state index in [1.807, 2.05) is 37.3 Å². The van der Waals surface area contributed by atoms with Gasteiger partial charge in [-0.3, -0.25) is 0 Å². The van der Waals surface area contributed by atoms with Crippen LogP contribution in [0.25, 0.3) is 10.8 Å². The van der Waals surface area contributed by atoms with Crippen LogP contribution in [0, 0.1) is 0 Å². The van der Waals surface area contributed by atoms with Gasteiger partial charge in [0.15, 0.2) is 0 Å². The summed E-state index contributed by atoms with van der Waals surface area (Å²) < 4.78 is 11.2. The minimum Gasteiger partial charge on any atom is -0.494 e. The summed E-state index contributed by atoms with van der Waals surface area (Å²) in [5.41, 5.74) is 0. The Morgan fingerprint density at radius 2 is 1.90 bits per heavy atom. The van der Waals surface area contributed by atoms with Gasteiger partial charge in [-0.25, -0.2) is 0 Å². The molecule has 2 aromatic carbocycles. The van der Waals surface area contributed by atoms with Gasteiger partial charge >= 0.3 is 0 Å². The third-order valence-corrected chi connectivity index (χ3v) is 3.64. The van der Waals surface area contributed by atoms with Crippen LogP contribution in [0.15, 0.2) is 30.3 Å². The minimum absolute atomic E-state index is 0.634. The molecule has 0 saturated heterocycles. The molecule has 0 spiro atoms. The Balaban J connectivity index is 2.18. The number of unbranched alkanes of at least 4 members (excludes halogenated alkanes) is 1. The molecule has 2 aromatic rings. The Labute approximate surface area is 129 Å². The van der Waals surface area contributed by atoms with Gasteiger partial charge in [0, 0.05) is 11.3 Å². The number of ether oxygens (including phenoxy) is 2. The molecule has 0 radical (unpaired) electrons. The van der Waals surface area contributed by atoms with Gasteiger partial charge in [0.1, 0.15) is 11.5 Å². The van der Waals surface area contributed by atoms with Gasteiger partial charge in [0.05, 0.1) is 18.2 Å². The van der Waals surface area contributed by atoms with Crippen molar-refractivity contribution in [1.29, 1.82) is 0 Å². The summed E-state index contributed by atoms with van der Waals surface area (Å²) in [6.45, 7) is 3.25. The predicted molar refractivity (Wildman–Crippen MR) is 85.6 cm³/mol. The second-order valence-corrected chi connectivity index (χ2v) is 5.19. The average Bonchev–Trinajstić information content (AvgIpc) is 2.46. The first-order valence-electron chi connectivity index (χ1n) is 6.80. The third kappa shape index (κ3) is 3.71. The molecule has 2 nitrogen and oxygen atoms in total. The summed E-state index contributed by atoms with van der Waals surface area (Å²) in [6, 6.07) is 9.78. The van der Waals surface area contributed by atoms with Crippen LogP contribution in [0.2, 0.25) is 5.02 Å². The molecule has 0 heterocycles. The zero-order valence-electron chi connectivity index (χ0n) is 11.5. The van der Waals surface area contributed by atoms with Gasteiger partial charge in [-0.2, -0.15) is 0 Å². The highest BCUT2D eigenvalue weighted by atomic mass is 35.5. The van der Waals surface area contributed by atoms with Crippen molar-refractivity contribution in [3.63, 3.8) is 0 Å². The Bertz CT molecular complexity index is 570. The number of fused-ring (bicyclic) bond motifs is 1. The van der Waals surface area contributed by atoms with E-state index >= 15 is 0 Å². The number of rotatable bonds is 7. The number of alkyl halides is 1. The third-order valence-electron chi connectivity index (χ3n) is 2.99. The van der Waals surface area contributed by atoms with Crippen molar-refractivity contribution < 1.29 is 9.47 Å². The lowest BCUT2D eigenvalue weighted by molar-refractivity contribution is 0.310. The van der Waals surface area contributed by atoms with Gasteiger partial charge in [0.25, 0.3) is 0 Å². The molecule has 0 saturated carbocycles. The van der Waals surface area contributed by atoms with Crippen molar-refractivity contribution in [2.24, 2.45) is 0 Å². The molecule has 0 aliphatic carbocycles. The van der Waals surface area contributed by atoms with Crippen molar-refractivity contribution in [3.05, 3.63) is 35.4 Å². The molecule has 4 heteroatoms. The average molecular weight is 313 g/mol. The minimum atomic E-state index is 0.634. The lowest BCUT2D eigenvalue weighted by Crippen LogP contribution is -1.98. The van der Waals surface area contributed by atoms with Crippen molar-refractivity contribution in [2.45, 2.75) is 19.8 Å². The molecule has 0 bridgehead atoms. The van der Waals surface area contributed by atoms with E-state index in [2.05, 4.69) is 0 Å². The zero-order chi connectivity index (χ0) is 14.4. The largest absolute Gasteiger partial charge is 0.494 e. The van der Waals surface area contributed by atoms with Crippen molar-refractivity contribution in [1.82, 2.24) is 0 Å². The monoisotopic (exact) mass is 312 g/mol. The first kappa shape index (κ1) is 15.3. The Morgan fingerprint density at radius 3 is 2.65 bits per heavy atom. The standard InChI is InChI=1S/C16H18Cl2O2/c1-2-19-13-6-7-14-12(11-13)5-8-15(16(14)18)20-10-4-3-9-17/h5-8,11H,2-4,9-10H2,1H3. The van der Waals surface area contributed by atoms with Crippen molar-refractivity contribution in [2.75, 3.05) is 19.1 Å². The summed E-state index contributed by atoms with van der Waals surface area (Å²) in [7, 11) is 0. The van der Waals surface area contributed by atoms with Crippen LogP contribution in [0.3, 0.4) is 0 Å². The molecule has 0 N–H and O–H groups in total. The van der Waals surface area contributed by atoms with E-state index in [0.29, 0.717) is 24.1 Å². The van der Waals surface area contributed by atoms with Crippen LogP contribution in [0.1, 0.15) is 19.8 Å². The fourth-order valence-electron chi connectivity index (χ4n) is 2.00. The summed E-state index contributed by atoms with van der Waals surface area (Å²) in [4.78, 5) is 0. The van der Waals surface area contributed by atoms with Crippen LogP contribution >= 0.6 is 23.2 Å². The van der Waals surface area contributed by atoms with Crippen LogP contribution in [-0.4, -0.2) is 19.1 Å². The summed E-state index contributed by atoms with van der Waals surface area (Å²) in [5.74, 6) is 2.24. The lowest BCUT2D eigenvalue weighted by Gasteiger charge is -2.11. The molecule has 0 aromatic heterocycles. The van der Waals surface area contributed by atoms with E-state index in [9.17, 15) is 0 Å². The molecular formula is C16H18Cl2O2. The second kappa shape index (κ2) is 7.61. The van der Waals surface area contributed by atoms with Gasteiger partial charge in [-0.1, -0.05) is 17.7 Å². The number of benzene rings is 2. The molecular weight excluding hydrogens is 295 g/mol. The highest BCUT2D eigenvalue weighted by Crippen LogP contribution is 2.34. The maximum atomic E-state index is 6.39. The molecule has 0 aliphatic heterocycles. The van der Waals surface area contributed by atoms with E-state index in [-0.39, 0.29) is 0 Å². The fourth-order valence-corrected chi connectivity index (χ4v) is 2.48. The molecule has 0 atom stereocenters. The second-order valence-electron chi connectivity index (χ2n) is 4.44. The summed E-state index contributed by atoms with van der Waals surface area (Å²) in [5, 5.41) is 2.68. The van der Waals surface area contributed by atoms with E-state index < -0.39 is 0 Å². The van der Waals surface area contributed by atoms with E-state index in [1.54, 1.807) is 0 Å². The van der Waals surface area contributed by atoms with E-state index in [0.717, 1.165) is 35.1 Å². The maximum absolute atomic E-state index is 6.39. The van der Waals surface area contributed by atoms with Gasteiger partial charge in [-0.05, 0) is 49.4 Å². The smallest absolute Gasteiger partial charge is 0.138 e. The number of halogens is 2. The number of hydrogen-bond donors (Lipinski definition) is 0. The predicted octanol–water partition coefficient (Wildman–Crippen LogP) is 5.29. The van der Waals surface area contributed by atoms with Crippen LogP contribution in [0.4, 0.5) is 0 Å². The molecule has 0 fully saturated rings. The quantitative estimate of drug-likeness (QED) is 0.511. The lowest BCUT2D eigenvalue weighted by atomic mass is 10.1. The van der Waals surface area contributed by atoms with Gasteiger partial charge in [0.2, 0.25) is 0 Å². The summed E-state index contributed by atoms with van der Waals surface area (Å²) in [6.07, 6.45) is 1.88. The zero-order valence-corrected chi connectivity index (χ0v) is 13.0. The first-order chi connectivity index (χ1) is 9.76. The SMILES string of the molecule is CCOc1ccc2c(Cl)c(OCCCCCl)ccc2c1. The molecule has 0 aliphatic rings. The topological polar surface area (TPSA) is 18.5 Å². The van der Waals surface area contributed by atoms with Crippen LogP contribution < -0.4 is 9.47 Å². The first-order valence-corrected chi connectivity index (χ1v) is 7.71. The van der Waals surface area contributed by atoms with Crippen LogP contribution in [0.5, 0.6) is 11.5 Å². The fraction of sp³-hybridized carbons (Fsp3) is 0.375. The molecule has 0 unspecified atom stereocenters. The van der Waals surface area contributed by atoms with E-state index in [1.165, 1.54) is 0 Å². The van der Waals surface area contributed by atoms with Crippen molar-refractivity contribution >= 4 is 34.0 Å². The molecule has 0 amide bonds. The normalized spacial score (nSPS) is 10.8. The summed E-state index contributed by atoms with van der Waals surface area (Å²) >= 11 is 12.0. The highest BCUT2D eigenvalue weighted by Gasteiger charge is 2.07. The Kier molecular flexibility index (Phi) is 5.81. The van der Waals surface area contributed by atoms with E-state index in [4.69, 9.17) is 32.7 Å². The Hall–Kier alpha value is -1.12.